The average molecular weight is 360 g/mol. The summed E-state index contributed by atoms with van der Waals surface area (Å²) in [5, 5.41) is 3.89. The summed E-state index contributed by atoms with van der Waals surface area (Å²) in [6.45, 7) is 1.98. The van der Waals surface area contributed by atoms with E-state index in [4.69, 9.17) is 14.2 Å². The van der Waals surface area contributed by atoms with Gasteiger partial charge in [-0.2, -0.15) is 0 Å². The van der Waals surface area contributed by atoms with E-state index in [1.807, 2.05) is 6.92 Å². The third-order valence-corrected chi connectivity index (χ3v) is 3.64. The van der Waals surface area contributed by atoms with E-state index >= 15 is 0 Å². The van der Waals surface area contributed by atoms with Crippen LogP contribution in [0.15, 0.2) is 12.1 Å². The quantitative estimate of drug-likeness (QED) is 0.724. The van der Waals surface area contributed by atoms with Crippen LogP contribution in [-0.4, -0.2) is 38.6 Å². The van der Waals surface area contributed by atoms with Crippen LogP contribution in [0.2, 0.25) is 0 Å². The number of carbonyl (C=O) groups excluding carboxylic acids is 1. The zero-order chi connectivity index (χ0) is 15.8. The fraction of sp³-hybridized carbons (Fsp3) is 0.533. The number of hydrogen-bond donors (Lipinski definition) is 1. The molecule has 0 heterocycles. The first kappa shape index (κ1) is 17.6. The SMILES string of the molecule is COc1cc(C(=O)NC(C)CCCBr)cc(OC)c1OC. The smallest absolute Gasteiger partial charge is 0.251 e. The highest BCUT2D eigenvalue weighted by Crippen LogP contribution is 2.38. The first-order valence-corrected chi connectivity index (χ1v) is 7.86. The Balaban J connectivity index is 2.94. The number of carbonyl (C=O) groups is 1. The number of halogens is 1. The molecule has 21 heavy (non-hydrogen) atoms. The zero-order valence-corrected chi connectivity index (χ0v) is 14.5. The summed E-state index contributed by atoms with van der Waals surface area (Å²) in [6.07, 6.45) is 1.93. The van der Waals surface area contributed by atoms with Crippen LogP contribution in [0.4, 0.5) is 0 Å². The van der Waals surface area contributed by atoms with Gasteiger partial charge in [-0.1, -0.05) is 15.9 Å². The Morgan fingerprint density at radius 3 is 2.19 bits per heavy atom. The summed E-state index contributed by atoms with van der Waals surface area (Å²) >= 11 is 3.38. The van der Waals surface area contributed by atoms with Gasteiger partial charge in [-0.25, -0.2) is 0 Å². The van der Waals surface area contributed by atoms with E-state index < -0.39 is 0 Å². The van der Waals surface area contributed by atoms with Gasteiger partial charge in [0, 0.05) is 16.9 Å². The lowest BCUT2D eigenvalue weighted by molar-refractivity contribution is 0.0937. The minimum atomic E-state index is -0.156. The Hall–Kier alpha value is -1.43. The van der Waals surface area contributed by atoms with Gasteiger partial charge in [-0.05, 0) is 31.9 Å². The van der Waals surface area contributed by atoms with Gasteiger partial charge in [0.1, 0.15) is 0 Å². The Morgan fingerprint density at radius 2 is 1.76 bits per heavy atom. The van der Waals surface area contributed by atoms with Crippen LogP contribution in [0.3, 0.4) is 0 Å². The van der Waals surface area contributed by atoms with E-state index in [0.29, 0.717) is 22.8 Å². The van der Waals surface area contributed by atoms with Crippen LogP contribution >= 0.6 is 15.9 Å². The van der Waals surface area contributed by atoms with Crippen molar-refractivity contribution < 1.29 is 19.0 Å². The van der Waals surface area contributed by atoms with E-state index in [-0.39, 0.29) is 11.9 Å². The predicted molar refractivity (Wildman–Crippen MR) is 86.1 cm³/mol. The maximum absolute atomic E-state index is 12.3. The summed E-state index contributed by atoms with van der Waals surface area (Å²) in [6, 6.07) is 3.40. The summed E-state index contributed by atoms with van der Waals surface area (Å²) in [7, 11) is 4.58. The Labute approximate surface area is 134 Å². The van der Waals surface area contributed by atoms with E-state index in [0.717, 1.165) is 18.2 Å². The second kappa shape index (κ2) is 8.77. The number of benzene rings is 1. The van der Waals surface area contributed by atoms with Gasteiger partial charge >= 0.3 is 0 Å². The molecular weight excluding hydrogens is 338 g/mol. The predicted octanol–water partition coefficient (Wildman–Crippen LogP) is 3.01. The van der Waals surface area contributed by atoms with Crippen molar-refractivity contribution in [3.63, 3.8) is 0 Å². The molecule has 0 radical (unpaired) electrons. The Morgan fingerprint density at radius 1 is 1.19 bits per heavy atom. The molecule has 118 valence electrons. The summed E-state index contributed by atoms with van der Waals surface area (Å²) in [5.74, 6) is 1.26. The molecule has 0 aliphatic rings. The van der Waals surface area contributed by atoms with Crippen molar-refractivity contribution in [2.45, 2.75) is 25.8 Å². The summed E-state index contributed by atoms with van der Waals surface area (Å²) < 4.78 is 15.7. The highest BCUT2D eigenvalue weighted by molar-refractivity contribution is 9.09. The molecule has 0 aromatic heterocycles. The fourth-order valence-electron chi connectivity index (χ4n) is 1.97. The van der Waals surface area contributed by atoms with Crippen molar-refractivity contribution in [1.82, 2.24) is 5.32 Å². The minimum Gasteiger partial charge on any atom is -0.493 e. The van der Waals surface area contributed by atoms with E-state index in [1.54, 1.807) is 12.1 Å². The lowest BCUT2D eigenvalue weighted by atomic mass is 10.1. The van der Waals surface area contributed by atoms with Gasteiger partial charge in [0.05, 0.1) is 21.3 Å². The number of alkyl halides is 1. The number of ether oxygens (including phenoxy) is 3. The number of hydrogen-bond acceptors (Lipinski definition) is 4. The normalized spacial score (nSPS) is 11.7. The van der Waals surface area contributed by atoms with Crippen molar-refractivity contribution in [2.75, 3.05) is 26.7 Å². The number of methoxy groups -OCH3 is 3. The standard InChI is InChI=1S/C15H22BrNO4/c1-10(6-5-7-16)17-15(18)11-8-12(19-2)14(21-4)13(9-11)20-3/h8-10H,5-7H2,1-4H3,(H,17,18). The average Bonchev–Trinajstić information content (AvgIpc) is 2.51. The molecule has 1 aromatic rings. The number of nitrogens with one attached hydrogen (secondary N) is 1. The third kappa shape index (κ3) is 4.81. The lowest BCUT2D eigenvalue weighted by Crippen LogP contribution is -2.32. The van der Waals surface area contributed by atoms with E-state index in [2.05, 4.69) is 21.2 Å². The van der Waals surface area contributed by atoms with Crippen molar-refractivity contribution in [3.05, 3.63) is 17.7 Å². The van der Waals surface area contributed by atoms with Crippen LogP contribution in [0.25, 0.3) is 0 Å². The third-order valence-electron chi connectivity index (χ3n) is 3.08. The van der Waals surface area contributed by atoms with Crippen LogP contribution in [0.5, 0.6) is 17.2 Å². The van der Waals surface area contributed by atoms with Gasteiger partial charge in [-0.15, -0.1) is 0 Å². The second-order valence-electron chi connectivity index (χ2n) is 4.62. The highest BCUT2D eigenvalue weighted by atomic mass is 79.9. The van der Waals surface area contributed by atoms with Gasteiger partial charge in [-0.3, -0.25) is 4.79 Å². The first-order chi connectivity index (χ1) is 10.1. The molecule has 1 rings (SSSR count). The molecule has 0 saturated heterocycles. The summed E-state index contributed by atoms with van der Waals surface area (Å²) in [4.78, 5) is 12.3. The molecule has 1 unspecified atom stereocenters. The Kier molecular flexibility index (Phi) is 7.36. The van der Waals surface area contributed by atoms with Gasteiger partial charge < -0.3 is 19.5 Å². The van der Waals surface area contributed by atoms with Crippen molar-refractivity contribution in [1.29, 1.82) is 0 Å². The monoisotopic (exact) mass is 359 g/mol. The molecule has 0 fully saturated rings. The highest BCUT2D eigenvalue weighted by Gasteiger charge is 2.17. The molecule has 1 aromatic carbocycles. The topological polar surface area (TPSA) is 56.8 Å². The molecule has 1 N–H and O–H groups in total. The minimum absolute atomic E-state index is 0.106. The molecule has 0 bridgehead atoms. The van der Waals surface area contributed by atoms with Crippen molar-refractivity contribution in [2.24, 2.45) is 0 Å². The molecule has 6 heteroatoms. The van der Waals surface area contributed by atoms with Crippen LogP contribution in [-0.2, 0) is 0 Å². The molecule has 1 amide bonds. The van der Waals surface area contributed by atoms with Gasteiger partial charge in [0.25, 0.3) is 5.91 Å². The maximum atomic E-state index is 12.3. The Bertz CT molecular complexity index is 454. The molecule has 0 aliphatic heterocycles. The molecule has 5 nitrogen and oxygen atoms in total. The van der Waals surface area contributed by atoms with Crippen molar-refractivity contribution >= 4 is 21.8 Å². The largest absolute Gasteiger partial charge is 0.493 e. The number of amides is 1. The van der Waals surface area contributed by atoms with Crippen LogP contribution in [0.1, 0.15) is 30.1 Å². The molecule has 0 spiro atoms. The molecular formula is C15H22BrNO4. The zero-order valence-electron chi connectivity index (χ0n) is 12.9. The fourth-order valence-corrected chi connectivity index (χ4v) is 2.30. The lowest BCUT2D eigenvalue weighted by Gasteiger charge is -2.16. The molecule has 0 saturated carbocycles. The van der Waals surface area contributed by atoms with E-state index in [1.165, 1.54) is 21.3 Å². The molecule has 0 aliphatic carbocycles. The van der Waals surface area contributed by atoms with E-state index in [9.17, 15) is 4.79 Å². The van der Waals surface area contributed by atoms with Crippen molar-refractivity contribution in [3.8, 4) is 17.2 Å². The number of rotatable bonds is 8. The maximum Gasteiger partial charge on any atom is 0.251 e. The van der Waals surface area contributed by atoms with Gasteiger partial charge in [0.15, 0.2) is 11.5 Å². The first-order valence-electron chi connectivity index (χ1n) is 6.74. The molecule has 1 atom stereocenters. The second-order valence-corrected chi connectivity index (χ2v) is 5.41. The summed E-state index contributed by atoms with van der Waals surface area (Å²) in [5.41, 5.74) is 0.482. The van der Waals surface area contributed by atoms with Crippen LogP contribution < -0.4 is 19.5 Å². The van der Waals surface area contributed by atoms with Crippen LogP contribution in [0, 0.1) is 0 Å². The van der Waals surface area contributed by atoms with Gasteiger partial charge in [0.2, 0.25) is 5.75 Å².